The van der Waals surface area contributed by atoms with E-state index in [2.05, 4.69) is 120 Å². The number of carbonyl (C=O) groups is 2. The number of phenols is 1. The van der Waals surface area contributed by atoms with Gasteiger partial charge in [-0.05, 0) is 233 Å². The predicted octanol–water partition coefficient (Wildman–Crippen LogP) is 11.0. The van der Waals surface area contributed by atoms with E-state index in [1.54, 1.807) is 6.07 Å². The molecule has 4 aromatic rings. The van der Waals surface area contributed by atoms with Crippen LogP contribution in [0.5, 0.6) is 5.75 Å². The van der Waals surface area contributed by atoms with Crippen molar-refractivity contribution in [3.63, 3.8) is 0 Å². The van der Waals surface area contributed by atoms with E-state index in [1.165, 1.54) is 34.2 Å². The summed E-state index contributed by atoms with van der Waals surface area (Å²) >= 11 is 0. The molecule has 0 radical (unpaired) electrons. The Morgan fingerprint density at radius 1 is 0.822 bits per heavy atom. The molecular weight excluding hydrogens is 905 g/mol. The Morgan fingerprint density at radius 2 is 1.70 bits per heavy atom. The number of rotatable bonds is 8. The molecule has 380 valence electrons. The Kier molecular flexibility index (Phi) is 13.2. The first-order chi connectivity index (χ1) is 35.7. The van der Waals surface area contributed by atoms with Crippen molar-refractivity contribution in [1.82, 2.24) is 21.3 Å². The number of piperidine rings is 1. The van der Waals surface area contributed by atoms with Crippen LogP contribution in [-0.2, 0) is 51.4 Å². The molecule has 2 saturated heterocycles. The van der Waals surface area contributed by atoms with Crippen molar-refractivity contribution >= 4 is 17.5 Å². The van der Waals surface area contributed by atoms with Gasteiger partial charge in [0, 0.05) is 30.2 Å². The molecule has 0 unspecified atom stereocenters. The number of allylic oxidation sites excluding steroid dienone is 5. The minimum atomic E-state index is -0.854. The molecule has 1 spiro atoms. The van der Waals surface area contributed by atoms with Crippen LogP contribution in [-0.4, -0.2) is 50.4 Å². The Balaban J connectivity index is 1.02. The maximum atomic E-state index is 15.2. The normalized spacial score (nSPS) is 30.7. The van der Waals surface area contributed by atoms with Gasteiger partial charge in [0.1, 0.15) is 17.3 Å². The number of cyclic esters (lactones) is 1. The lowest BCUT2D eigenvalue weighted by atomic mass is 9.44. The fourth-order valence-electron chi connectivity index (χ4n) is 15.9. The topological polar surface area (TPSA) is 121 Å². The maximum Gasteiger partial charge on any atom is 0.340 e. The highest BCUT2D eigenvalue weighted by atomic mass is 16.5. The molecule has 5 aliphatic heterocycles. The number of hydrogen-bond donors (Lipinski definition) is 5. The number of phenolic OH excluding ortho intramolecular Hbond substituents is 1. The minimum absolute atomic E-state index is 0.0138. The van der Waals surface area contributed by atoms with Gasteiger partial charge in [-0.15, -0.1) is 0 Å². The molecule has 0 amide bonds. The van der Waals surface area contributed by atoms with E-state index >= 15 is 9.59 Å². The zero-order chi connectivity index (χ0) is 49.8. The molecule has 9 nitrogen and oxygen atoms in total. The Hall–Kier alpha value is -5.58. The van der Waals surface area contributed by atoms with Crippen LogP contribution < -0.4 is 21.3 Å². The number of hydrogen-bond acceptors (Lipinski definition) is 9. The number of esters is 2. The Morgan fingerprint density at radius 3 is 2.55 bits per heavy atom. The van der Waals surface area contributed by atoms with E-state index in [0.717, 1.165) is 136 Å². The number of fused-ring (bicyclic) bond motifs is 5. The highest BCUT2D eigenvalue weighted by molar-refractivity contribution is 6.07. The number of ether oxygens (including phenoxy) is 2. The van der Waals surface area contributed by atoms with Crippen molar-refractivity contribution in [3.8, 4) is 16.9 Å². The van der Waals surface area contributed by atoms with Gasteiger partial charge in [-0.2, -0.15) is 0 Å². The first kappa shape index (κ1) is 48.4. The van der Waals surface area contributed by atoms with Crippen molar-refractivity contribution in [3.05, 3.63) is 165 Å². The van der Waals surface area contributed by atoms with E-state index in [4.69, 9.17) is 9.47 Å². The lowest BCUT2D eigenvalue weighted by Gasteiger charge is -2.56. The summed E-state index contributed by atoms with van der Waals surface area (Å²) in [5.74, 6) is 2.08. The van der Waals surface area contributed by atoms with Crippen LogP contribution in [0.3, 0.4) is 0 Å². The van der Waals surface area contributed by atoms with Gasteiger partial charge >= 0.3 is 11.9 Å². The summed E-state index contributed by atoms with van der Waals surface area (Å²) in [6.45, 7) is 5.62. The van der Waals surface area contributed by atoms with Crippen LogP contribution in [0.2, 0.25) is 0 Å². The van der Waals surface area contributed by atoms with Crippen molar-refractivity contribution in [2.75, 3.05) is 27.2 Å². The highest BCUT2D eigenvalue weighted by Gasteiger charge is 2.68. The predicted molar refractivity (Wildman–Crippen MR) is 287 cm³/mol. The van der Waals surface area contributed by atoms with Crippen molar-refractivity contribution < 1.29 is 24.2 Å². The Bertz CT molecular complexity index is 2930. The Labute approximate surface area is 432 Å². The fraction of sp³-hybridized carbons (Fsp3) is 0.469. The van der Waals surface area contributed by atoms with Crippen LogP contribution >= 0.6 is 0 Å². The van der Waals surface area contributed by atoms with Gasteiger partial charge in [0.05, 0.1) is 17.2 Å². The van der Waals surface area contributed by atoms with Gasteiger partial charge in [-0.3, -0.25) is 0 Å². The molecule has 9 heteroatoms. The highest BCUT2D eigenvalue weighted by Crippen LogP contribution is 2.72. The van der Waals surface area contributed by atoms with Crippen molar-refractivity contribution in [2.45, 2.75) is 116 Å². The van der Waals surface area contributed by atoms with Crippen LogP contribution in [0.25, 0.3) is 16.7 Å². The standard InChI is InChI=1S/C64H74N4O5/c1-4-39(27-40-9-6-5-7-10-40)33-55-64-24-18-50-51-15-16-52-54(72-61(70)58(52)59(51)64)19-23-63(47-21-26-68-56(34-47)66-3)22-17-42(36-63)30-44-28-41(29-45(31-44)37-65-2)20-25-67-38-43-11-8-12-46(32-43)49-14-13-48(69)35-53(49)57(50)60(64)62(71)73-55/h5-14,19,28-29,31-33,35,39,42,47,50-51,56,59,65-69H,4,15-18,20-27,30,34,36-38H2,1-3H3/b54-19?,55-33-/t39-,42-,47+,50+,51-,56-,59+,63+,64+/m0/s1. The monoisotopic (exact) mass is 979 g/mol. The summed E-state index contributed by atoms with van der Waals surface area (Å²) in [7, 11) is 4.11. The summed E-state index contributed by atoms with van der Waals surface area (Å²) in [4.78, 5) is 30.2. The lowest BCUT2D eigenvalue weighted by molar-refractivity contribution is -0.135. The third-order valence-corrected chi connectivity index (χ3v) is 19.1. The smallest absolute Gasteiger partial charge is 0.340 e. The van der Waals surface area contributed by atoms with Gasteiger partial charge in [0.15, 0.2) is 0 Å². The van der Waals surface area contributed by atoms with E-state index in [0.29, 0.717) is 36.1 Å². The summed E-state index contributed by atoms with van der Waals surface area (Å²) in [5.41, 5.74) is 12.2. The quantitative estimate of drug-likeness (QED) is 0.110. The van der Waals surface area contributed by atoms with E-state index in [9.17, 15) is 5.11 Å². The molecule has 14 bridgehead atoms. The van der Waals surface area contributed by atoms with Gasteiger partial charge in [-0.1, -0.05) is 79.7 Å². The zero-order valence-corrected chi connectivity index (χ0v) is 43.2. The second kappa shape index (κ2) is 19.9. The van der Waals surface area contributed by atoms with E-state index < -0.39 is 5.41 Å². The molecule has 2 saturated carbocycles. The van der Waals surface area contributed by atoms with E-state index in [1.807, 2.05) is 19.2 Å². The number of carbonyl (C=O) groups excluding carboxylic acids is 2. The first-order valence-electron chi connectivity index (χ1n) is 27.9. The molecule has 10 aliphatic rings. The lowest BCUT2D eigenvalue weighted by Crippen LogP contribution is -2.52. The third-order valence-electron chi connectivity index (χ3n) is 19.1. The average molecular weight is 979 g/mol. The van der Waals surface area contributed by atoms with Crippen LogP contribution in [0.4, 0.5) is 0 Å². The van der Waals surface area contributed by atoms with Gasteiger partial charge in [0.25, 0.3) is 0 Å². The molecule has 4 aromatic carbocycles. The molecule has 5 heterocycles. The second-order valence-electron chi connectivity index (χ2n) is 23.2. The number of benzene rings is 4. The van der Waals surface area contributed by atoms with Crippen molar-refractivity contribution in [1.29, 1.82) is 0 Å². The second-order valence-corrected chi connectivity index (χ2v) is 23.2. The summed E-state index contributed by atoms with van der Waals surface area (Å²) in [6.07, 6.45) is 18.4. The largest absolute Gasteiger partial charge is 0.508 e. The fourth-order valence-corrected chi connectivity index (χ4v) is 15.9. The zero-order valence-electron chi connectivity index (χ0n) is 43.2. The van der Waals surface area contributed by atoms with Gasteiger partial charge < -0.3 is 35.8 Å². The van der Waals surface area contributed by atoms with Crippen molar-refractivity contribution in [2.24, 2.45) is 46.3 Å². The molecule has 9 atom stereocenters. The SMILES string of the molecule is CC[C@H](/C=C1\OC(=O)C2=C3c4cc(O)ccc4-c4cccc(c4)CNCCc4cc(CNC)cc(c4)C[C@@H]4CC[C@@]([C@@H]5CCN[C@H](NC)C5)(CC=C5OC(=O)C6=C5CC[C@H]5[C@H]3CC[C@@]21[C@@H]65)C4)Cc1ccccc1. The molecular formula is C64H74N4O5. The molecule has 73 heavy (non-hydrogen) atoms. The number of nitrogens with one attached hydrogen (secondary N) is 4. The first-order valence-corrected chi connectivity index (χ1v) is 27.9. The van der Waals surface area contributed by atoms with Gasteiger partial charge in [-0.25, -0.2) is 9.59 Å². The molecule has 14 rings (SSSR count). The third kappa shape index (κ3) is 8.76. The number of aromatic hydroxyl groups is 1. The van der Waals surface area contributed by atoms with Crippen LogP contribution in [0.15, 0.2) is 131 Å². The summed E-state index contributed by atoms with van der Waals surface area (Å²) < 4.78 is 13.4. The maximum absolute atomic E-state index is 15.2. The molecule has 5 N–H and O–H groups in total. The molecule has 0 aromatic heterocycles. The summed E-state index contributed by atoms with van der Waals surface area (Å²) in [6, 6.07) is 32.3. The molecule has 4 fully saturated rings. The average Bonchev–Trinajstić information content (AvgIpc) is 4.09. The van der Waals surface area contributed by atoms with Gasteiger partial charge in [0.2, 0.25) is 0 Å². The van der Waals surface area contributed by atoms with Crippen LogP contribution in [0.1, 0.15) is 111 Å². The van der Waals surface area contributed by atoms with Crippen LogP contribution in [0, 0.1) is 46.3 Å². The van der Waals surface area contributed by atoms with E-state index in [-0.39, 0.29) is 52.9 Å². The summed E-state index contributed by atoms with van der Waals surface area (Å²) in [5, 5.41) is 25.9. The molecule has 5 aliphatic carbocycles. The minimum Gasteiger partial charge on any atom is -0.508 e.